The van der Waals surface area contributed by atoms with Gasteiger partial charge in [0.1, 0.15) is 5.69 Å². The first-order valence-corrected chi connectivity index (χ1v) is 7.10. The van der Waals surface area contributed by atoms with Crippen LogP contribution in [-0.4, -0.2) is 29.6 Å². The van der Waals surface area contributed by atoms with E-state index in [9.17, 15) is 10.0 Å². The summed E-state index contributed by atoms with van der Waals surface area (Å²) in [7, 11) is 0. The van der Waals surface area contributed by atoms with E-state index in [-0.39, 0.29) is 0 Å². The SMILES string of the molecule is O=Nc1ccc(C(O)CN2CC3CCCC3C2)cc1. The molecule has 102 valence electrons. The number of nitrogens with zero attached hydrogens (tertiary/aromatic N) is 2. The molecule has 3 atom stereocenters. The van der Waals surface area contributed by atoms with Crippen LogP contribution in [0.1, 0.15) is 30.9 Å². The third-order valence-corrected chi connectivity index (χ3v) is 4.62. The lowest BCUT2D eigenvalue weighted by molar-refractivity contribution is 0.122. The number of aliphatic hydroxyl groups excluding tert-OH is 1. The second-order valence-corrected chi connectivity index (χ2v) is 5.87. The molecule has 2 aliphatic rings. The Bertz CT molecular complexity index is 434. The molecule has 19 heavy (non-hydrogen) atoms. The Labute approximate surface area is 113 Å². The maximum Gasteiger partial charge on any atom is 0.108 e. The molecule has 1 aromatic rings. The van der Waals surface area contributed by atoms with Gasteiger partial charge in [0, 0.05) is 19.6 Å². The van der Waals surface area contributed by atoms with Crippen molar-refractivity contribution >= 4 is 5.69 Å². The molecule has 4 heteroatoms. The summed E-state index contributed by atoms with van der Waals surface area (Å²) in [4.78, 5) is 12.7. The third kappa shape index (κ3) is 2.69. The molecule has 1 N–H and O–H groups in total. The number of hydrogen-bond acceptors (Lipinski definition) is 4. The summed E-state index contributed by atoms with van der Waals surface area (Å²) in [6.07, 6.45) is 3.62. The Morgan fingerprint density at radius 2 is 1.84 bits per heavy atom. The standard InChI is InChI=1S/C15H20N2O2/c18-15(11-4-6-14(16-19)7-5-11)10-17-8-12-2-1-3-13(12)9-17/h4-7,12-13,15,18H,1-3,8-10H2. The van der Waals surface area contributed by atoms with Crippen molar-refractivity contribution in [3.05, 3.63) is 34.7 Å². The van der Waals surface area contributed by atoms with E-state index in [2.05, 4.69) is 10.1 Å². The Hall–Kier alpha value is -1.26. The first kappa shape index (κ1) is 12.8. The van der Waals surface area contributed by atoms with Crippen LogP contribution in [0, 0.1) is 16.7 Å². The minimum Gasteiger partial charge on any atom is -0.387 e. The molecular formula is C15H20N2O2. The zero-order valence-corrected chi connectivity index (χ0v) is 11.0. The van der Waals surface area contributed by atoms with Crippen molar-refractivity contribution in [3.63, 3.8) is 0 Å². The summed E-state index contributed by atoms with van der Waals surface area (Å²) in [6, 6.07) is 6.89. The zero-order valence-electron chi connectivity index (χ0n) is 11.0. The molecule has 1 saturated carbocycles. The molecule has 1 aliphatic carbocycles. The van der Waals surface area contributed by atoms with Crippen molar-refractivity contribution < 1.29 is 5.11 Å². The van der Waals surface area contributed by atoms with Gasteiger partial charge in [0.15, 0.2) is 0 Å². The van der Waals surface area contributed by atoms with Gasteiger partial charge in [0.2, 0.25) is 0 Å². The quantitative estimate of drug-likeness (QED) is 0.847. The van der Waals surface area contributed by atoms with Crippen LogP contribution in [0.3, 0.4) is 0 Å². The van der Waals surface area contributed by atoms with Gasteiger partial charge in [-0.05, 0) is 47.6 Å². The number of β-amino-alcohol motifs (C(OH)–C–C–N with tert-alkyl or cyclic N) is 1. The molecule has 0 radical (unpaired) electrons. The second-order valence-electron chi connectivity index (χ2n) is 5.87. The van der Waals surface area contributed by atoms with Crippen LogP contribution in [0.5, 0.6) is 0 Å². The molecule has 3 unspecified atom stereocenters. The lowest BCUT2D eigenvalue weighted by Crippen LogP contribution is -2.27. The molecule has 1 heterocycles. The maximum atomic E-state index is 10.4. The molecule has 1 aliphatic heterocycles. The fraction of sp³-hybridized carbons (Fsp3) is 0.600. The minimum absolute atomic E-state index is 0.409. The van der Waals surface area contributed by atoms with Crippen LogP contribution in [-0.2, 0) is 0 Å². The number of aliphatic hydroxyl groups is 1. The fourth-order valence-electron chi connectivity index (χ4n) is 3.59. The predicted octanol–water partition coefficient (Wildman–Crippen LogP) is 2.85. The average Bonchev–Trinajstić information content (AvgIpc) is 2.99. The fourth-order valence-corrected chi connectivity index (χ4v) is 3.59. The van der Waals surface area contributed by atoms with Gasteiger partial charge in [0.25, 0.3) is 0 Å². The van der Waals surface area contributed by atoms with E-state index in [1.165, 1.54) is 19.3 Å². The summed E-state index contributed by atoms with van der Waals surface area (Å²) < 4.78 is 0. The van der Waals surface area contributed by atoms with E-state index in [0.717, 1.165) is 30.5 Å². The monoisotopic (exact) mass is 260 g/mol. The topological polar surface area (TPSA) is 52.9 Å². The molecule has 4 nitrogen and oxygen atoms in total. The second kappa shape index (κ2) is 5.39. The highest BCUT2D eigenvalue weighted by Gasteiger charge is 2.36. The Kier molecular flexibility index (Phi) is 3.62. The van der Waals surface area contributed by atoms with Gasteiger partial charge in [-0.25, -0.2) is 0 Å². The maximum absolute atomic E-state index is 10.4. The van der Waals surface area contributed by atoms with E-state index in [1.54, 1.807) is 24.3 Å². The first-order chi connectivity index (χ1) is 9.26. The molecule has 0 amide bonds. The van der Waals surface area contributed by atoms with Crippen molar-refractivity contribution in [1.82, 2.24) is 4.90 Å². The van der Waals surface area contributed by atoms with Crippen molar-refractivity contribution in [2.24, 2.45) is 17.0 Å². The highest BCUT2D eigenvalue weighted by Crippen LogP contribution is 2.38. The molecule has 3 rings (SSSR count). The van der Waals surface area contributed by atoms with Crippen LogP contribution in [0.15, 0.2) is 29.4 Å². The number of rotatable bonds is 4. The minimum atomic E-state index is -0.473. The van der Waals surface area contributed by atoms with Gasteiger partial charge >= 0.3 is 0 Å². The van der Waals surface area contributed by atoms with Crippen molar-refractivity contribution in [2.45, 2.75) is 25.4 Å². The number of hydrogen-bond donors (Lipinski definition) is 1. The van der Waals surface area contributed by atoms with Gasteiger partial charge < -0.3 is 5.11 Å². The molecule has 2 fully saturated rings. The number of likely N-dealkylation sites (tertiary alicyclic amines) is 1. The molecule has 0 aromatic heterocycles. The van der Waals surface area contributed by atoms with Crippen LogP contribution >= 0.6 is 0 Å². The van der Waals surface area contributed by atoms with Gasteiger partial charge in [-0.15, -0.1) is 4.91 Å². The zero-order chi connectivity index (χ0) is 13.2. The Morgan fingerprint density at radius 1 is 1.21 bits per heavy atom. The van der Waals surface area contributed by atoms with E-state index in [1.807, 2.05) is 0 Å². The summed E-state index contributed by atoms with van der Waals surface area (Å²) in [5.74, 6) is 1.71. The van der Waals surface area contributed by atoms with Gasteiger partial charge in [0.05, 0.1) is 6.10 Å². The van der Waals surface area contributed by atoms with E-state index < -0.39 is 6.10 Å². The van der Waals surface area contributed by atoms with E-state index in [4.69, 9.17) is 0 Å². The molecular weight excluding hydrogens is 240 g/mol. The highest BCUT2D eigenvalue weighted by molar-refractivity contribution is 5.39. The lowest BCUT2D eigenvalue weighted by Gasteiger charge is -2.21. The summed E-state index contributed by atoms with van der Waals surface area (Å²) in [5.41, 5.74) is 1.27. The van der Waals surface area contributed by atoms with Crippen molar-refractivity contribution in [2.75, 3.05) is 19.6 Å². The Balaban J connectivity index is 1.58. The number of benzene rings is 1. The number of nitroso groups, excluding NO2 is 1. The summed E-state index contributed by atoms with van der Waals surface area (Å²) in [5, 5.41) is 13.1. The van der Waals surface area contributed by atoms with Crippen LogP contribution in [0.4, 0.5) is 5.69 Å². The van der Waals surface area contributed by atoms with Gasteiger partial charge in [-0.3, -0.25) is 4.90 Å². The molecule has 1 aromatic carbocycles. The first-order valence-electron chi connectivity index (χ1n) is 7.10. The van der Waals surface area contributed by atoms with Crippen molar-refractivity contribution in [3.8, 4) is 0 Å². The number of fused-ring (bicyclic) bond motifs is 1. The van der Waals surface area contributed by atoms with Crippen LogP contribution in [0.2, 0.25) is 0 Å². The largest absolute Gasteiger partial charge is 0.387 e. The van der Waals surface area contributed by atoms with Crippen LogP contribution < -0.4 is 0 Å². The van der Waals surface area contributed by atoms with E-state index in [0.29, 0.717) is 12.2 Å². The molecule has 0 bridgehead atoms. The predicted molar refractivity (Wildman–Crippen MR) is 74.1 cm³/mol. The van der Waals surface area contributed by atoms with Gasteiger partial charge in [-0.2, -0.15) is 0 Å². The summed E-state index contributed by atoms with van der Waals surface area (Å²) in [6.45, 7) is 2.96. The molecule has 0 spiro atoms. The lowest BCUT2D eigenvalue weighted by atomic mass is 10.0. The summed E-state index contributed by atoms with van der Waals surface area (Å²) >= 11 is 0. The van der Waals surface area contributed by atoms with Crippen molar-refractivity contribution in [1.29, 1.82) is 0 Å². The third-order valence-electron chi connectivity index (χ3n) is 4.62. The van der Waals surface area contributed by atoms with Crippen LogP contribution in [0.25, 0.3) is 0 Å². The van der Waals surface area contributed by atoms with E-state index >= 15 is 0 Å². The highest BCUT2D eigenvalue weighted by atomic mass is 16.3. The molecule has 1 saturated heterocycles. The smallest absolute Gasteiger partial charge is 0.108 e. The Morgan fingerprint density at radius 3 is 2.42 bits per heavy atom. The average molecular weight is 260 g/mol. The van der Waals surface area contributed by atoms with Gasteiger partial charge in [-0.1, -0.05) is 18.6 Å². The normalized spacial score (nSPS) is 28.3.